The zero-order valence-electron chi connectivity index (χ0n) is 21.1. The zero-order chi connectivity index (χ0) is 28.1. The standard InChI is InChI=1S/C30H24F3N3O3S/c31-30(32,33)25-12-6-14-27(19-25)39-26-13-5-10-23(18-26)28-34-35(16-15-21-7-2-1-3-8-21)36(40-28)20-22-9-4-11-24(17-22)29(37)38/h1-14,17-20,28,34H,15-16H2/p+1. The molecule has 1 aliphatic heterocycles. The van der Waals surface area contributed by atoms with Crippen LogP contribution in [0.4, 0.5) is 13.2 Å². The van der Waals surface area contributed by atoms with Gasteiger partial charge in [0.15, 0.2) is 5.37 Å². The first-order valence-corrected chi connectivity index (χ1v) is 13.3. The summed E-state index contributed by atoms with van der Waals surface area (Å²) in [6.07, 6.45) is -1.84. The number of hydrogen-bond acceptors (Lipinski definition) is 5. The van der Waals surface area contributed by atoms with Gasteiger partial charge >= 0.3 is 12.1 Å². The normalized spacial score (nSPS) is 16.3. The molecule has 0 amide bonds. The van der Waals surface area contributed by atoms with E-state index in [1.54, 1.807) is 36.4 Å². The van der Waals surface area contributed by atoms with Gasteiger partial charge in [0.05, 0.1) is 17.7 Å². The molecular formula is C30H25F3N3O3S+. The highest BCUT2D eigenvalue weighted by Gasteiger charge is 2.37. The lowest BCUT2D eigenvalue weighted by atomic mass is 10.1. The summed E-state index contributed by atoms with van der Waals surface area (Å²) in [5, 5.41) is 11.1. The molecule has 40 heavy (non-hydrogen) atoms. The van der Waals surface area contributed by atoms with Gasteiger partial charge in [-0.05, 0) is 70.2 Å². The van der Waals surface area contributed by atoms with Gasteiger partial charge in [0.2, 0.25) is 18.2 Å². The van der Waals surface area contributed by atoms with Crippen LogP contribution in [0.5, 0.6) is 11.5 Å². The van der Waals surface area contributed by atoms with Gasteiger partial charge in [0.25, 0.3) is 0 Å². The van der Waals surface area contributed by atoms with Crippen molar-refractivity contribution in [2.45, 2.75) is 18.0 Å². The second-order valence-corrected chi connectivity index (χ2v) is 10.1. The second kappa shape index (κ2) is 11.8. The molecule has 4 aromatic carbocycles. The summed E-state index contributed by atoms with van der Waals surface area (Å²) in [4.78, 5) is 11.5. The van der Waals surface area contributed by atoms with Crippen LogP contribution in [0.1, 0.15) is 38.0 Å². The van der Waals surface area contributed by atoms with Crippen molar-refractivity contribution >= 4 is 24.1 Å². The van der Waals surface area contributed by atoms with Crippen molar-refractivity contribution < 1.29 is 31.9 Å². The van der Waals surface area contributed by atoms with Crippen molar-refractivity contribution in [1.82, 2.24) is 10.5 Å². The van der Waals surface area contributed by atoms with Crippen LogP contribution in [-0.4, -0.2) is 33.0 Å². The number of ether oxygens (including phenoxy) is 1. The summed E-state index contributed by atoms with van der Waals surface area (Å²) in [7, 11) is 0. The van der Waals surface area contributed by atoms with Crippen molar-refractivity contribution in [3.05, 3.63) is 131 Å². The van der Waals surface area contributed by atoms with Crippen molar-refractivity contribution in [2.75, 3.05) is 6.54 Å². The van der Waals surface area contributed by atoms with Crippen LogP contribution < -0.4 is 10.2 Å². The molecule has 0 saturated carbocycles. The van der Waals surface area contributed by atoms with Gasteiger partial charge in [0.1, 0.15) is 11.5 Å². The van der Waals surface area contributed by atoms with Gasteiger partial charge in [0, 0.05) is 5.56 Å². The van der Waals surface area contributed by atoms with E-state index in [0.29, 0.717) is 12.3 Å². The number of aromatic carboxylic acids is 1. The van der Waals surface area contributed by atoms with Gasteiger partial charge in [-0.2, -0.15) is 18.6 Å². The van der Waals surface area contributed by atoms with Crippen LogP contribution >= 0.6 is 11.9 Å². The van der Waals surface area contributed by atoms with Gasteiger partial charge < -0.3 is 9.84 Å². The minimum absolute atomic E-state index is 0.0942. The Morgan fingerprint density at radius 3 is 2.42 bits per heavy atom. The number of benzene rings is 4. The smallest absolute Gasteiger partial charge is 0.416 e. The lowest BCUT2D eigenvalue weighted by Gasteiger charge is -2.13. The number of halogens is 3. The van der Waals surface area contributed by atoms with E-state index in [2.05, 4.69) is 17.6 Å². The SMILES string of the molecule is O=C(O)c1cccc(C=[N+]2SC(c3cccc(Oc4cccc(C(F)(F)F)c4)c3)NN2CCc2ccccc2)c1. The Kier molecular flexibility index (Phi) is 8.09. The van der Waals surface area contributed by atoms with Gasteiger partial charge in [-0.1, -0.05) is 59.7 Å². The third-order valence-corrected chi connectivity index (χ3v) is 7.23. The molecule has 5 rings (SSSR count). The lowest BCUT2D eigenvalue weighted by molar-refractivity contribution is -0.553. The Bertz CT molecular complexity index is 1530. The number of hydrazine groups is 2. The molecule has 10 heteroatoms. The molecular weight excluding hydrogens is 539 g/mol. The number of rotatable bonds is 8. The molecule has 0 aromatic heterocycles. The van der Waals surface area contributed by atoms with Gasteiger partial charge in [-0.15, -0.1) is 0 Å². The first kappa shape index (κ1) is 27.3. The molecule has 1 unspecified atom stereocenters. The van der Waals surface area contributed by atoms with E-state index in [-0.39, 0.29) is 16.7 Å². The fourth-order valence-corrected chi connectivity index (χ4v) is 5.23. The Balaban J connectivity index is 1.38. The van der Waals surface area contributed by atoms with Crippen LogP contribution in [0.2, 0.25) is 0 Å². The first-order chi connectivity index (χ1) is 19.2. The Hall–Kier alpha value is -4.28. The number of nitrogens with one attached hydrogen (secondary N) is 1. The van der Waals surface area contributed by atoms with Crippen molar-refractivity contribution in [2.24, 2.45) is 0 Å². The third-order valence-electron chi connectivity index (χ3n) is 6.12. The van der Waals surface area contributed by atoms with Gasteiger partial charge in [-0.25, -0.2) is 4.79 Å². The van der Waals surface area contributed by atoms with E-state index >= 15 is 0 Å². The molecule has 1 aliphatic rings. The third kappa shape index (κ3) is 6.83. The minimum atomic E-state index is -4.46. The van der Waals surface area contributed by atoms with E-state index < -0.39 is 17.7 Å². The minimum Gasteiger partial charge on any atom is -0.478 e. The number of alkyl halides is 3. The number of carboxylic acids is 1. The highest BCUT2D eigenvalue weighted by Crippen LogP contribution is 2.37. The summed E-state index contributed by atoms with van der Waals surface area (Å²) >= 11 is 1.48. The lowest BCUT2D eigenvalue weighted by Crippen LogP contribution is -2.38. The van der Waals surface area contributed by atoms with Crippen molar-refractivity contribution in [1.29, 1.82) is 0 Å². The number of hydrazone groups is 1. The topological polar surface area (TPSA) is 64.8 Å². The molecule has 1 atom stereocenters. The molecule has 0 radical (unpaired) electrons. The van der Waals surface area contributed by atoms with Crippen molar-refractivity contribution in [3.8, 4) is 11.5 Å². The van der Waals surface area contributed by atoms with Crippen molar-refractivity contribution in [3.63, 3.8) is 0 Å². The summed E-state index contributed by atoms with van der Waals surface area (Å²) in [5.74, 6) is -0.498. The second-order valence-electron chi connectivity index (χ2n) is 9.04. The molecule has 0 spiro atoms. The Morgan fingerprint density at radius 2 is 1.68 bits per heavy atom. The number of nitrogens with zero attached hydrogens (tertiary/aromatic N) is 2. The highest BCUT2D eigenvalue weighted by atomic mass is 32.2. The molecule has 0 bridgehead atoms. The van der Waals surface area contributed by atoms with E-state index in [0.717, 1.165) is 29.7 Å². The number of hydrogen-bond donors (Lipinski definition) is 2. The Labute approximate surface area is 233 Å². The maximum Gasteiger partial charge on any atom is 0.416 e. The maximum atomic E-state index is 13.1. The fourth-order valence-electron chi connectivity index (χ4n) is 4.15. The van der Waals surface area contributed by atoms with Crippen LogP contribution in [-0.2, 0) is 12.6 Å². The van der Waals surface area contributed by atoms with E-state index in [1.165, 1.54) is 29.6 Å². The predicted molar refractivity (Wildman–Crippen MR) is 147 cm³/mol. The molecule has 0 aliphatic carbocycles. The molecule has 2 N–H and O–H groups in total. The molecule has 1 saturated heterocycles. The number of carbonyl (C=O) groups is 1. The van der Waals surface area contributed by atoms with Crippen LogP contribution in [0.25, 0.3) is 0 Å². The average molecular weight is 565 g/mol. The van der Waals surface area contributed by atoms with E-state index in [1.807, 2.05) is 45.8 Å². The zero-order valence-corrected chi connectivity index (χ0v) is 21.9. The maximum absolute atomic E-state index is 13.1. The molecule has 1 heterocycles. The summed E-state index contributed by atoms with van der Waals surface area (Å²) < 4.78 is 47.1. The molecule has 1 fully saturated rings. The average Bonchev–Trinajstić information content (AvgIpc) is 3.35. The summed E-state index contributed by atoms with van der Waals surface area (Å²) in [5.41, 5.74) is 5.64. The monoisotopic (exact) mass is 564 g/mol. The Morgan fingerprint density at radius 1 is 0.950 bits per heavy atom. The van der Waals surface area contributed by atoms with E-state index in [9.17, 15) is 23.1 Å². The predicted octanol–water partition coefficient (Wildman–Crippen LogP) is 6.95. The largest absolute Gasteiger partial charge is 0.478 e. The molecule has 4 aromatic rings. The van der Waals surface area contributed by atoms with Crippen LogP contribution in [0, 0.1) is 0 Å². The number of carboxylic acid groups (broad SMARTS) is 1. The highest BCUT2D eigenvalue weighted by molar-refractivity contribution is 7.93. The fraction of sp³-hybridized carbons (Fsp3) is 0.133. The van der Waals surface area contributed by atoms with Gasteiger partial charge in [-0.3, -0.25) is 0 Å². The summed E-state index contributed by atoms with van der Waals surface area (Å²) in [6, 6.07) is 28.7. The van der Waals surface area contributed by atoms with Crippen LogP contribution in [0.3, 0.4) is 0 Å². The van der Waals surface area contributed by atoms with Crippen LogP contribution in [0.15, 0.2) is 103 Å². The van der Waals surface area contributed by atoms with E-state index in [4.69, 9.17) is 4.74 Å². The molecule has 6 nitrogen and oxygen atoms in total. The molecule has 204 valence electrons. The summed E-state index contributed by atoms with van der Waals surface area (Å²) in [6.45, 7) is 0.628. The first-order valence-electron chi connectivity index (χ1n) is 12.4. The quantitative estimate of drug-likeness (QED) is 0.178.